The molecule has 2 atom stereocenters. The predicted octanol–water partition coefficient (Wildman–Crippen LogP) is 1.53. The van der Waals surface area contributed by atoms with Gasteiger partial charge in [0.15, 0.2) is 5.82 Å². The molecule has 1 aromatic heterocycles. The topological polar surface area (TPSA) is 80.2 Å². The van der Waals surface area contributed by atoms with E-state index < -0.39 is 27.1 Å². The summed E-state index contributed by atoms with van der Waals surface area (Å²) in [4.78, 5) is 7.61. The van der Waals surface area contributed by atoms with Gasteiger partial charge in [-0.3, -0.25) is 4.55 Å². The Balaban J connectivity index is 2.31. The minimum atomic E-state index is -4.11. The van der Waals surface area contributed by atoms with E-state index >= 15 is 0 Å². The molecular formula is C10H13FN2O3S. The van der Waals surface area contributed by atoms with Crippen LogP contribution in [0.15, 0.2) is 12.4 Å². The average Bonchev–Trinajstić information content (AvgIpc) is 2.29. The van der Waals surface area contributed by atoms with Crippen molar-refractivity contribution in [1.82, 2.24) is 9.97 Å². The van der Waals surface area contributed by atoms with Crippen LogP contribution in [0.5, 0.6) is 0 Å². The molecular weight excluding hydrogens is 247 g/mol. The van der Waals surface area contributed by atoms with Gasteiger partial charge in [0.05, 0.1) is 17.6 Å². The van der Waals surface area contributed by atoms with E-state index in [1.54, 1.807) is 0 Å². The van der Waals surface area contributed by atoms with Crippen molar-refractivity contribution in [3.63, 3.8) is 0 Å². The van der Waals surface area contributed by atoms with Crippen LogP contribution in [-0.2, 0) is 10.1 Å². The summed E-state index contributed by atoms with van der Waals surface area (Å²) in [5.74, 6) is -0.721. The molecule has 1 N–H and O–H groups in total. The summed E-state index contributed by atoms with van der Waals surface area (Å²) < 4.78 is 44.4. The van der Waals surface area contributed by atoms with E-state index in [9.17, 15) is 17.4 Å². The molecule has 94 valence electrons. The summed E-state index contributed by atoms with van der Waals surface area (Å²) in [7, 11) is -4.11. The third-order valence-corrected chi connectivity index (χ3v) is 4.39. The van der Waals surface area contributed by atoms with Gasteiger partial charge < -0.3 is 0 Å². The van der Waals surface area contributed by atoms with E-state index in [1.165, 1.54) is 0 Å². The summed E-state index contributed by atoms with van der Waals surface area (Å²) in [6, 6.07) is 0. The lowest BCUT2D eigenvalue weighted by Crippen LogP contribution is -2.32. The fourth-order valence-electron chi connectivity index (χ4n) is 2.26. The third-order valence-electron chi connectivity index (χ3n) is 3.06. The minimum absolute atomic E-state index is 0.286. The zero-order chi connectivity index (χ0) is 12.5. The highest BCUT2D eigenvalue weighted by Gasteiger charge is 2.36. The van der Waals surface area contributed by atoms with Crippen molar-refractivity contribution in [3.8, 4) is 0 Å². The molecule has 0 bridgehead atoms. The zero-order valence-electron chi connectivity index (χ0n) is 9.08. The molecule has 1 fully saturated rings. The van der Waals surface area contributed by atoms with Crippen molar-refractivity contribution in [2.24, 2.45) is 0 Å². The number of nitrogens with zero attached hydrogens (tertiary/aromatic N) is 2. The summed E-state index contributed by atoms with van der Waals surface area (Å²) >= 11 is 0. The van der Waals surface area contributed by atoms with Crippen molar-refractivity contribution in [2.75, 3.05) is 0 Å². The molecule has 1 heterocycles. The quantitative estimate of drug-likeness (QED) is 0.816. The molecule has 17 heavy (non-hydrogen) atoms. The monoisotopic (exact) mass is 260 g/mol. The lowest BCUT2D eigenvalue weighted by molar-refractivity contribution is 0.385. The van der Waals surface area contributed by atoms with Crippen LogP contribution >= 0.6 is 0 Å². The summed E-state index contributed by atoms with van der Waals surface area (Å²) in [6.45, 7) is 0. The Hall–Kier alpha value is -1.08. The molecule has 2 rings (SSSR count). The van der Waals surface area contributed by atoms with Gasteiger partial charge in [0.1, 0.15) is 5.82 Å². The van der Waals surface area contributed by atoms with Gasteiger partial charge in [0.25, 0.3) is 10.1 Å². The minimum Gasteiger partial charge on any atom is -0.285 e. The number of halogens is 1. The van der Waals surface area contributed by atoms with Gasteiger partial charge >= 0.3 is 0 Å². The summed E-state index contributed by atoms with van der Waals surface area (Å²) in [5, 5.41) is -0.873. The Labute approximate surface area is 98.8 Å². The SMILES string of the molecule is O=S(=O)(O)[C@H]1CCCC[C@H]1c1ncc(F)cn1. The highest BCUT2D eigenvalue weighted by Crippen LogP contribution is 2.34. The standard InChI is InChI=1S/C10H13FN2O3S/c11-7-5-12-10(13-6-7)8-3-1-2-4-9(8)17(14,15)16/h5-6,8-9H,1-4H2,(H,14,15,16)/t8-,9+/m1/s1. The first kappa shape index (κ1) is 12.4. The van der Waals surface area contributed by atoms with E-state index in [2.05, 4.69) is 9.97 Å². The maximum absolute atomic E-state index is 12.7. The van der Waals surface area contributed by atoms with Gasteiger partial charge in [-0.2, -0.15) is 8.42 Å². The van der Waals surface area contributed by atoms with E-state index in [0.29, 0.717) is 12.8 Å². The maximum atomic E-state index is 12.7. The number of rotatable bonds is 2. The number of hydrogen-bond acceptors (Lipinski definition) is 4. The van der Waals surface area contributed by atoms with Crippen molar-refractivity contribution in [2.45, 2.75) is 36.9 Å². The van der Waals surface area contributed by atoms with Crippen LogP contribution in [0, 0.1) is 5.82 Å². The Morgan fingerprint density at radius 2 is 1.82 bits per heavy atom. The molecule has 0 unspecified atom stereocenters. The third kappa shape index (κ3) is 2.78. The molecule has 0 spiro atoms. The molecule has 1 aromatic rings. The second-order valence-electron chi connectivity index (χ2n) is 4.20. The van der Waals surface area contributed by atoms with E-state index in [4.69, 9.17) is 0 Å². The first-order valence-corrected chi connectivity index (χ1v) is 6.92. The van der Waals surface area contributed by atoms with Crippen LogP contribution in [0.25, 0.3) is 0 Å². The first-order chi connectivity index (χ1) is 7.98. The first-order valence-electron chi connectivity index (χ1n) is 5.42. The largest absolute Gasteiger partial charge is 0.285 e. The molecule has 0 saturated heterocycles. The molecule has 7 heteroatoms. The smallest absolute Gasteiger partial charge is 0.268 e. The number of hydrogen-bond donors (Lipinski definition) is 1. The van der Waals surface area contributed by atoms with Crippen LogP contribution in [0.4, 0.5) is 4.39 Å². The van der Waals surface area contributed by atoms with Crippen molar-refractivity contribution in [3.05, 3.63) is 24.0 Å². The molecule has 5 nitrogen and oxygen atoms in total. The van der Waals surface area contributed by atoms with Crippen molar-refractivity contribution in [1.29, 1.82) is 0 Å². The molecule has 0 aliphatic heterocycles. The Bertz CT molecular complexity index is 489. The molecule has 1 aliphatic rings. The van der Waals surface area contributed by atoms with Crippen LogP contribution < -0.4 is 0 Å². The zero-order valence-corrected chi connectivity index (χ0v) is 9.90. The average molecular weight is 260 g/mol. The van der Waals surface area contributed by atoms with E-state index in [0.717, 1.165) is 25.2 Å². The maximum Gasteiger partial charge on any atom is 0.268 e. The van der Waals surface area contributed by atoms with E-state index in [1.807, 2.05) is 0 Å². The second-order valence-corrected chi connectivity index (χ2v) is 5.84. The van der Waals surface area contributed by atoms with Gasteiger partial charge in [-0.1, -0.05) is 12.8 Å². The molecule has 1 saturated carbocycles. The molecule has 0 radical (unpaired) electrons. The highest BCUT2D eigenvalue weighted by atomic mass is 32.2. The van der Waals surface area contributed by atoms with Gasteiger partial charge in [-0.05, 0) is 12.8 Å². The number of aromatic nitrogens is 2. The Morgan fingerprint density at radius 3 is 2.41 bits per heavy atom. The van der Waals surface area contributed by atoms with Crippen molar-refractivity contribution >= 4 is 10.1 Å². The van der Waals surface area contributed by atoms with Gasteiger partial charge in [0, 0.05) is 5.92 Å². The normalized spacial score (nSPS) is 25.8. The predicted molar refractivity (Wildman–Crippen MR) is 58.5 cm³/mol. The molecule has 0 amide bonds. The Kier molecular flexibility index (Phi) is 3.39. The second kappa shape index (κ2) is 4.66. The Morgan fingerprint density at radius 1 is 1.24 bits per heavy atom. The fraction of sp³-hybridized carbons (Fsp3) is 0.600. The van der Waals surface area contributed by atoms with Gasteiger partial charge in [-0.25, -0.2) is 14.4 Å². The van der Waals surface area contributed by atoms with Crippen LogP contribution in [-0.4, -0.2) is 28.2 Å². The van der Waals surface area contributed by atoms with Gasteiger partial charge in [-0.15, -0.1) is 0 Å². The summed E-state index contributed by atoms with van der Waals surface area (Å²) in [6.07, 6.45) is 4.62. The fourth-order valence-corrected chi connectivity index (χ4v) is 3.40. The molecule has 1 aliphatic carbocycles. The van der Waals surface area contributed by atoms with E-state index in [-0.39, 0.29) is 5.82 Å². The van der Waals surface area contributed by atoms with Crippen LogP contribution in [0.1, 0.15) is 37.4 Å². The lowest BCUT2D eigenvalue weighted by atomic mass is 9.88. The molecule has 0 aromatic carbocycles. The van der Waals surface area contributed by atoms with Crippen molar-refractivity contribution < 1.29 is 17.4 Å². The summed E-state index contributed by atoms with van der Waals surface area (Å²) in [5.41, 5.74) is 0. The lowest BCUT2D eigenvalue weighted by Gasteiger charge is -2.27. The van der Waals surface area contributed by atoms with Gasteiger partial charge in [0.2, 0.25) is 0 Å². The van der Waals surface area contributed by atoms with Crippen LogP contribution in [0.3, 0.4) is 0 Å². The van der Waals surface area contributed by atoms with Crippen LogP contribution in [0.2, 0.25) is 0 Å². The highest BCUT2D eigenvalue weighted by molar-refractivity contribution is 7.86.